The number of anilines is 1. The highest BCUT2D eigenvalue weighted by Gasteiger charge is 2.30. The molecular formula is C29H34N6O3S. The lowest BCUT2D eigenvalue weighted by Crippen LogP contribution is -2.45. The molecule has 0 radical (unpaired) electrons. The molecule has 6 rings (SSSR count). The van der Waals surface area contributed by atoms with Crippen molar-refractivity contribution in [1.82, 2.24) is 24.8 Å². The third-order valence-electron chi connectivity index (χ3n) is 8.06. The Kier molecular flexibility index (Phi) is 7.31. The Morgan fingerprint density at radius 3 is 2.62 bits per heavy atom. The molecule has 3 N–H and O–H groups in total. The summed E-state index contributed by atoms with van der Waals surface area (Å²) in [5.41, 5.74) is 9.16. The fraction of sp³-hybridized carbons (Fsp3) is 0.448. The van der Waals surface area contributed by atoms with Crippen LogP contribution in [0.25, 0.3) is 11.1 Å². The van der Waals surface area contributed by atoms with Gasteiger partial charge < -0.3 is 25.3 Å². The minimum atomic E-state index is -0.110. The molecule has 0 bridgehead atoms. The average Bonchev–Trinajstić information content (AvgIpc) is 3.63. The van der Waals surface area contributed by atoms with Crippen molar-refractivity contribution < 1.29 is 9.53 Å². The first-order valence-electron chi connectivity index (χ1n) is 13.7. The molecule has 1 unspecified atom stereocenters. The van der Waals surface area contributed by atoms with Crippen LogP contribution in [0.5, 0.6) is 5.75 Å². The van der Waals surface area contributed by atoms with Gasteiger partial charge in [-0.25, -0.2) is 9.97 Å². The van der Waals surface area contributed by atoms with Crippen molar-refractivity contribution in [2.45, 2.75) is 49.6 Å². The zero-order valence-electron chi connectivity index (χ0n) is 22.2. The Hall–Kier alpha value is -3.37. The van der Waals surface area contributed by atoms with E-state index < -0.39 is 0 Å². The second-order valence-corrected chi connectivity index (χ2v) is 11.6. The van der Waals surface area contributed by atoms with Gasteiger partial charge in [-0.15, -0.1) is 11.8 Å². The topological polar surface area (TPSA) is 117 Å². The molecule has 2 fully saturated rings. The van der Waals surface area contributed by atoms with Crippen molar-refractivity contribution in [2.75, 3.05) is 44.3 Å². The molecule has 9 nitrogen and oxygen atoms in total. The molecule has 2 saturated heterocycles. The first kappa shape index (κ1) is 25.9. The van der Waals surface area contributed by atoms with Crippen LogP contribution in [0.3, 0.4) is 0 Å². The summed E-state index contributed by atoms with van der Waals surface area (Å²) in [4.78, 5) is 41.8. The van der Waals surface area contributed by atoms with E-state index in [1.54, 1.807) is 24.9 Å². The molecule has 1 amide bonds. The number of hydrogen-bond donors (Lipinski definition) is 2. The number of benzene rings is 1. The highest BCUT2D eigenvalue weighted by molar-refractivity contribution is 7.99. The molecule has 1 aromatic carbocycles. The molecule has 0 aliphatic carbocycles. The SMILES string of the molecule is Cc1nc2c(c(=O)[nH]1)C(COc1cc(-c3ccc(C(=O)N4CCC(N5CCCC5)CC4)cc3)cnc1N)CS2. The second-order valence-electron chi connectivity index (χ2n) is 10.6. The number of nitrogens with one attached hydrogen (secondary N) is 1. The molecule has 0 spiro atoms. The largest absolute Gasteiger partial charge is 0.489 e. The van der Waals surface area contributed by atoms with Crippen molar-refractivity contribution in [3.8, 4) is 16.9 Å². The number of thioether (sulfide) groups is 1. The molecule has 2 aromatic heterocycles. The van der Waals surface area contributed by atoms with Gasteiger partial charge in [-0.2, -0.15) is 0 Å². The maximum Gasteiger partial charge on any atom is 0.255 e. The summed E-state index contributed by atoms with van der Waals surface area (Å²) in [6.45, 7) is 6.13. The van der Waals surface area contributed by atoms with Gasteiger partial charge in [0.25, 0.3) is 11.5 Å². The lowest BCUT2D eigenvalue weighted by molar-refractivity contribution is 0.0644. The van der Waals surface area contributed by atoms with Crippen LogP contribution in [0, 0.1) is 6.92 Å². The van der Waals surface area contributed by atoms with E-state index in [9.17, 15) is 9.59 Å². The number of hydrogen-bond acceptors (Lipinski definition) is 8. The van der Waals surface area contributed by atoms with Crippen LogP contribution >= 0.6 is 11.8 Å². The number of carbonyl (C=O) groups excluding carboxylic acids is 1. The van der Waals surface area contributed by atoms with Gasteiger partial charge in [-0.05, 0) is 69.5 Å². The van der Waals surface area contributed by atoms with Gasteiger partial charge in [0.2, 0.25) is 0 Å². The number of ether oxygens (including phenoxy) is 1. The number of amides is 1. The van der Waals surface area contributed by atoms with Gasteiger partial charge in [-0.1, -0.05) is 12.1 Å². The number of fused-ring (bicyclic) bond motifs is 1. The number of nitrogen functional groups attached to an aromatic ring is 1. The fourth-order valence-electron chi connectivity index (χ4n) is 5.88. The molecule has 1 atom stereocenters. The zero-order chi connectivity index (χ0) is 26.9. The van der Waals surface area contributed by atoms with E-state index in [1.165, 1.54) is 25.9 Å². The number of nitrogens with zero attached hydrogens (tertiary/aromatic N) is 4. The molecular weight excluding hydrogens is 512 g/mol. The van der Waals surface area contributed by atoms with Crippen molar-refractivity contribution in [3.63, 3.8) is 0 Å². The van der Waals surface area contributed by atoms with E-state index in [1.807, 2.05) is 35.2 Å². The summed E-state index contributed by atoms with van der Waals surface area (Å²) in [6, 6.07) is 10.1. The quantitative estimate of drug-likeness (QED) is 0.450. The number of aryl methyl sites for hydroxylation is 1. The summed E-state index contributed by atoms with van der Waals surface area (Å²) in [5.74, 6) is 2.13. The van der Waals surface area contributed by atoms with Crippen LogP contribution in [-0.4, -0.2) is 75.2 Å². The Morgan fingerprint density at radius 2 is 1.87 bits per heavy atom. The number of aromatic amines is 1. The molecule has 204 valence electrons. The van der Waals surface area contributed by atoms with Gasteiger partial charge in [0, 0.05) is 48.1 Å². The minimum absolute atomic E-state index is 0.0735. The second kappa shape index (κ2) is 11.0. The highest BCUT2D eigenvalue weighted by atomic mass is 32.2. The molecule has 0 saturated carbocycles. The van der Waals surface area contributed by atoms with Gasteiger partial charge in [0.15, 0.2) is 11.6 Å². The smallest absolute Gasteiger partial charge is 0.255 e. The van der Waals surface area contributed by atoms with Gasteiger partial charge >= 0.3 is 0 Å². The molecule has 3 aliphatic heterocycles. The lowest BCUT2D eigenvalue weighted by Gasteiger charge is -2.36. The van der Waals surface area contributed by atoms with E-state index in [-0.39, 0.29) is 17.4 Å². The number of aromatic nitrogens is 3. The Labute approximate surface area is 232 Å². The van der Waals surface area contributed by atoms with E-state index >= 15 is 0 Å². The summed E-state index contributed by atoms with van der Waals surface area (Å²) in [6.07, 6.45) is 6.42. The predicted molar refractivity (Wildman–Crippen MR) is 152 cm³/mol. The number of nitrogens with two attached hydrogens (primary N) is 1. The Balaban J connectivity index is 1.10. The molecule has 39 heavy (non-hydrogen) atoms. The minimum Gasteiger partial charge on any atom is -0.489 e. The summed E-state index contributed by atoms with van der Waals surface area (Å²) < 4.78 is 6.07. The predicted octanol–water partition coefficient (Wildman–Crippen LogP) is 3.69. The molecule has 10 heteroatoms. The molecule has 5 heterocycles. The number of H-pyrrole nitrogens is 1. The number of carbonyl (C=O) groups is 1. The first-order valence-corrected chi connectivity index (χ1v) is 14.7. The number of pyridine rings is 1. The normalized spacial score (nSPS) is 19.8. The fourth-order valence-corrected chi connectivity index (χ4v) is 7.12. The van der Waals surface area contributed by atoms with Crippen molar-refractivity contribution in [2.24, 2.45) is 0 Å². The molecule has 3 aliphatic rings. The molecule has 3 aromatic rings. The third-order valence-corrected chi connectivity index (χ3v) is 9.22. The van der Waals surface area contributed by atoms with E-state index in [0.29, 0.717) is 41.2 Å². The standard InChI is InChI=1S/C29H34N6O3S/c1-18-32-27(36)25-22(17-39-28(25)33-18)16-38-24-14-21(15-31-26(24)30)19-4-6-20(7-5-19)29(37)35-12-8-23(9-13-35)34-10-2-3-11-34/h4-7,14-15,22-23H,2-3,8-13,16-17H2,1H3,(H2,30,31)(H,32,33,36). The van der Waals surface area contributed by atoms with Crippen LogP contribution in [-0.2, 0) is 0 Å². The number of piperidine rings is 1. The maximum atomic E-state index is 13.1. The van der Waals surface area contributed by atoms with Gasteiger partial charge in [0.05, 0.1) is 12.2 Å². The van der Waals surface area contributed by atoms with Crippen LogP contribution in [0.2, 0.25) is 0 Å². The van der Waals surface area contributed by atoms with E-state index in [2.05, 4.69) is 19.9 Å². The van der Waals surface area contributed by atoms with Crippen LogP contribution < -0.4 is 16.0 Å². The monoisotopic (exact) mass is 546 g/mol. The summed E-state index contributed by atoms with van der Waals surface area (Å²) >= 11 is 1.57. The Morgan fingerprint density at radius 1 is 1.13 bits per heavy atom. The van der Waals surface area contributed by atoms with Crippen molar-refractivity contribution in [1.29, 1.82) is 0 Å². The first-order chi connectivity index (χ1) is 19.0. The van der Waals surface area contributed by atoms with E-state index in [4.69, 9.17) is 10.5 Å². The average molecular weight is 547 g/mol. The van der Waals surface area contributed by atoms with Gasteiger partial charge in [0.1, 0.15) is 10.9 Å². The number of likely N-dealkylation sites (tertiary alicyclic amines) is 2. The van der Waals surface area contributed by atoms with E-state index in [0.717, 1.165) is 47.8 Å². The Bertz CT molecular complexity index is 1410. The zero-order valence-corrected chi connectivity index (χ0v) is 23.0. The lowest BCUT2D eigenvalue weighted by atomic mass is 10.0. The van der Waals surface area contributed by atoms with Crippen LogP contribution in [0.1, 0.15) is 53.3 Å². The summed E-state index contributed by atoms with van der Waals surface area (Å²) in [5, 5.41) is 0.773. The van der Waals surface area contributed by atoms with Crippen LogP contribution in [0.4, 0.5) is 5.82 Å². The maximum absolute atomic E-state index is 13.1. The highest BCUT2D eigenvalue weighted by Crippen LogP contribution is 2.37. The third kappa shape index (κ3) is 5.40. The summed E-state index contributed by atoms with van der Waals surface area (Å²) in [7, 11) is 0. The van der Waals surface area contributed by atoms with Crippen LogP contribution in [0.15, 0.2) is 46.3 Å². The van der Waals surface area contributed by atoms with Crippen molar-refractivity contribution in [3.05, 3.63) is 63.8 Å². The van der Waals surface area contributed by atoms with Crippen molar-refractivity contribution >= 4 is 23.5 Å². The van der Waals surface area contributed by atoms with Gasteiger partial charge in [-0.3, -0.25) is 9.59 Å². The number of rotatable bonds is 6.